The van der Waals surface area contributed by atoms with E-state index in [0.29, 0.717) is 18.5 Å². The van der Waals surface area contributed by atoms with Crippen LogP contribution in [0.3, 0.4) is 0 Å². The first-order valence-electron chi connectivity index (χ1n) is 5.82. The average Bonchev–Trinajstić information content (AvgIpc) is 2.39. The van der Waals surface area contributed by atoms with Crippen LogP contribution in [0.5, 0.6) is 0 Å². The molecule has 0 saturated carbocycles. The van der Waals surface area contributed by atoms with Crippen LogP contribution in [0.1, 0.15) is 15.9 Å². The minimum atomic E-state index is -0.846. The van der Waals surface area contributed by atoms with Gasteiger partial charge in [0.1, 0.15) is 17.2 Å². The summed E-state index contributed by atoms with van der Waals surface area (Å²) in [4.78, 5) is 13.2. The number of aryl methyl sites for hydroxylation is 1. The largest absolute Gasteiger partial charge is 0.379 e. The van der Waals surface area contributed by atoms with E-state index in [2.05, 4.69) is 15.9 Å². The van der Waals surface area contributed by atoms with E-state index in [1.807, 2.05) is 0 Å². The fraction of sp³-hybridized carbons (Fsp3) is 0.462. The van der Waals surface area contributed by atoms with Crippen LogP contribution in [-0.2, 0) is 4.74 Å². The van der Waals surface area contributed by atoms with Gasteiger partial charge in [0.05, 0.1) is 13.2 Å². The van der Waals surface area contributed by atoms with Crippen molar-refractivity contribution in [3.8, 4) is 0 Å². The van der Waals surface area contributed by atoms with Crippen LogP contribution in [0.25, 0.3) is 0 Å². The molecule has 6 heteroatoms. The molecule has 1 aromatic rings. The summed E-state index contributed by atoms with van der Waals surface area (Å²) in [6, 6.07) is 2.40. The van der Waals surface area contributed by atoms with Crippen molar-refractivity contribution in [2.45, 2.75) is 6.92 Å². The van der Waals surface area contributed by atoms with E-state index in [0.717, 1.165) is 6.07 Å². The summed E-state index contributed by atoms with van der Waals surface area (Å²) in [6.45, 7) is 2.61. The molecule has 19 heavy (non-hydrogen) atoms. The minimum absolute atomic E-state index is 0.244. The highest BCUT2D eigenvalue weighted by atomic mass is 79.9. The number of hydrogen-bond donors (Lipinski definition) is 0. The second-order valence-corrected chi connectivity index (χ2v) is 4.87. The Morgan fingerprint density at radius 2 is 2.05 bits per heavy atom. The smallest absolute Gasteiger partial charge is 0.259 e. The second-order valence-electron chi connectivity index (χ2n) is 4.08. The second kappa shape index (κ2) is 7.55. The molecule has 0 aliphatic carbocycles. The zero-order chi connectivity index (χ0) is 14.4. The molecule has 0 radical (unpaired) electrons. The Bertz CT molecular complexity index is 455. The van der Waals surface area contributed by atoms with Crippen molar-refractivity contribution in [3.63, 3.8) is 0 Å². The highest BCUT2D eigenvalue weighted by Crippen LogP contribution is 2.17. The third-order valence-electron chi connectivity index (χ3n) is 2.64. The molecule has 0 bridgehead atoms. The summed E-state index contributed by atoms with van der Waals surface area (Å²) < 4.78 is 32.5. The van der Waals surface area contributed by atoms with Gasteiger partial charge in [0.15, 0.2) is 0 Å². The van der Waals surface area contributed by atoms with E-state index in [9.17, 15) is 13.6 Å². The van der Waals surface area contributed by atoms with Gasteiger partial charge in [-0.05, 0) is 18.6 Å². The predicted octanol–water partition coefficient (Wildman–Crippen LogP) is 2.76. The monoisotopic (exact) mass is 335 g/mol. The van der Waals surface area contributed by atoms with Gasteiger partial charge in [0.2, 0.25) is 0 Å². The minimum Gasteiger partial charge on any atom is -0.379 e. The maximum absolute atomic E-state index is 13.8. The van der Waals surface area contributed by atoms with Crippen LogP contribution in [0.4, 0.5) is 8.78 Å². The van der Waals surface area contributed by atoms with E-state index in [1.165, 1.54) is 24.9 Å². The number of ether oxygens (including phenoxy) is 1. The third kappa shape index (κ3) is 4.24. The first kappa shape index (κ1) is 16.0. The summed E-state index contributed by atoms with van der Waals surface area (Å²) in [5.41, 5.74) is -0.267. The fourth-order valence-electron chi connectivity index (χ4n) is 1.50. The Morgan fingerprint density at radius 3 is 2.68 bits per heavy atom. The standard InChI is InChI=1S/C13H16BrF2NO2/c1-9-3-4-10(15)11(12(9)16)13(18)17(2)6-8-19-7-5-14/h3-4H,5-8H2,1-2H3. The van der Waals surface area contributed by atoms with Gasteiger partial charge < -0.3 is 9.64 Å². The number of carbonyl (C=O) groups is 1. The topological polar surface area (TPSA) is 29.5 Å². The molecule has 0 heterocycles. The average molecular weight is 336 g/mol. The predicted molar refractivity (Wildman–Crippen MR) is 72.7 cm³/mol. The number of benzene rings is 1. The van der Waals surface area contributed by atoms with Gasteiger partial charge >= 0.3 is 0 Å². The van der Waals surface area contributed by atoms with Gasteiger partial charge in [-0.25, -0.2) is 8.78 Å². The van der Waals surface area contributed by atoms with Crippen LogP contribution in [0.2, 0.25) is 0 Å². The number of alkyl halides is 1. The lowest BCUT2D eigenvalue weighted by Crippen LogP contribution is -2.31. The number of likely N-dealkylation sites (N-methyl/N-ethyl adjacent to an activating group) is 1. The normalized spacial score (nSPS) is 10.6. The van der Waals surface area contributed by atoms with E-state index < -0.39 is 23.1 Å². The SMILES string of the molecule is Cc1ccc(F)c(C(=O)N(C)CCOCCBr)c1F. The first-order chi connectivity index (χ1) is 8.99. The molecule has 0 spiro atoms. The quantitative estimate of drug-likeness (QED) is 0.591. The molecular formula is C13H16BrF2NO2. The zero-order valence-electron chi connectivity index (χ0n) is 10.9. The van der Waals surface area contributed by atoms with Crippen LogP contribution >= 0.6 is 15.9 Å². The van der Waals surface area contributed by atoms with Crippen molar-refractivity contribution in [3.05, 3.63) is 34.9 Å². The number of amides is 1. The van der Waals surface area contributed by atoms with Crippen molar-refractivity contribution in [1.82, 2.24) is 4.90 Å². The molecular weight excluding hydrogens is 320 g/mol. The summed E-state index contributed by atoms with van der Waals surface area (Å²) in [5.74, 6) is -2.33. The Hall–Kier alpha value is -1.01. The molecule has 0 aliphatic heterocycles. The number of halogens is 3. The number of hydrogen-bond acceptors (Lipinski definition) is 2. The summed E-state index contributed by atoms with van der Waals surface area (Å²) in [7, 11) is 1.49. The molecule has 1 amide bonds. The summed E-state index contributed by atoms with van der Waals surface area (Å²) in [5, 5.41) is 0.700. The van der Waals surface area contributed by atoms with E-state index in [1.54, 1.807) is 0 Å². The lowest BCUT2D eigenvalue weighted by atomic mass is 10.1. The van der Waals surface area contributed by atoms with E-state index in [4.69, 9.17) is 4.74 Å². The van der Waals surface area contributed by atoms with Gasteiger partial charge in [0.25, 0.3) is 5.91 Å². The van der Waals surface area contributed by atoms with Gasteiger partial charge in [-0.1, -0.05) is 22.0 Å². The van der Waals surface area contributed by atoms with Crippen LogP contribution in [0, 0.1) is 18.6 Å². The number of carbonyl (C=O) groups excluding carboxylic acids is 1. The molecule has 0 fully saturated rings. The lowest BCUT2D eigenvalue weighted by Gasteiger charge is -2.18. The molecule has 0 saturated heterocycles. The summed E-state index contributed by atoms with van der Waals surface area (Å²) in [6.07, 6.45) is 0. The van der Waals surface area contributed by atoms with E-state index >= 15 is 0 Å². The van der Waals surface area contributed by atoms with Gasteiger partial charge in [0, 0.05) is 18.9 Å². The molecule has 0 N–H and O–H groups in total. The highest BCUT2D eigenvalue weighted by molar-refractivity contribution is 9.09. The van der Waals surface area contributed by atoms with Gasteiger partial charge in [-0.15, -0.1) is 0 Å². The molecule has 106 valence electrons. The molecule has 1 rings (SSSR count). The van der Waals surface area contributed by atoms with Crippen molar-refractivity contribution >= 4 is 21.8 Å². The van der Waals surface area contributed by atoms with Crippen molar-refractivity contribution in [2.24, 2.45) is 0 Å². The van der Waals surface area contributed by atoms with Crippen LogP contribution < -0.4 is 0 Å². The molecule has 0 unspecified atom stereocenters. The Kier molecular flexibility index (Phi) is 6.37. The fourth-order valence-corrected chi connectivity index (χ4v) is 1.73. The van der Waals surface area contributed by atoms with Gasteiger partial charge in [-0.3, -0.25) is 4.79 Å². The molecule has 0 aromatic heterocycles. The highest BCUT2D eigenvalue weighted by Gasteiger charge is 2.21. The Labute approximate surface area is 119 Å². The zero-order valence-corrected chi connectivity index (χ0v) is 12.5. The first-order valence-corrected chi connectivity index (χ1v) is 6.95. The van der Waals surface area contributed by atoms with Crippen molar-refractivity contribution in [1.29, 1.82) is 0 Å². The third-order valence-corrected chi connectivity index (χ3v) is 2.96. The van der Waals surface area contributed by atoms with Crippen LogP contribution in [-0.4, -0.2) is 42.9 Å². The number of rotatable bonds is 6. The number of nitrogens with zero attached hydrogens (tertiary/aromatic N) is 1. The summed E-state index contributed by atoms with van der Waals surface area (Å²) >= 11 is 3.20. The Balaban J connectivity index is 2.74. The molecule has 0 aliphatic rings. The van der Waals surface area contributed by atoms with Gasteiger partial charge in [-0.2, -0.15) is 0 Å². The van der Waals surface area contributed by atoms with Crippen molar-refractivity contribution in [2.75, 3.05) is 32.1 Å². The van der Waals surface area contributed by atoms with Crippen LogP contribution in [0.15, 0.2) is 12.1 Å². The molecule has 0 atom stereocenters. The maximum atomic E-state index is 13.8. The lowest BCUT2D eigenvalue weighted by molar-refractivity contribution is 0.0704. The van der Waals surface area contributed by atoms with Crippen molar-refractivity contribution < 1.29 is 18.3 Å². The molecule has 1 aromatic carbocycles. The molecule has 3 nitrogen and oxygen atoms in total. The van der Waals surface area contributed by atoms with E-state index in [-0.39, 0.29) is 12.1 Å². The Morgan fingerprint density at radius 1 is 1.37 bits per heavy atom. The maximum Gasteiger partial charge on any atom is 0.259 e.